The molecule has 0 spiro atoms. The van der Waals surface area contributed by atoms with Crippen LogP contribution in [-0.2, 0) is 4.79 Å². The van der Waals surface area contributed by atoms with E-state index in [-0.39, 0.29) is 5.91 Å². The molecular formula is C15H12Cl2N2O. The van der Waals surface area contributed by atoms with Crippen LogP contribution in [0.15, 0.2) is 48.5 Å². The van der Waals surface area contributed by atoms with Crippen LogP contribution < -0.4 is 11.1 Å². The van der Waals surface area contributed by atoms with Crippen molar-refractivity contribution in [3.8, 4) is 0 Å². The lowest BCUT2D eigenvalue weighted by Crippen LogP contribution is -2.08. The molecule has 0 aliphatic carbocycles. The molecule has 2 aromatic rings. The highest BCUT2D eigenvalue weighted by Crippen LogP contribution is 2.29. The summed E-state index contributed by atoms with van der Waals surface area (Å²) in [5, 5.41) is 3.43. The van der Waals surface area contributed by atoms with Crippen LogP contribution in [-0.4, -0.2) is 5.91 Å². The fourth-order valence-corrected chi connectivity index (χ4v) is 2.11. The summed E-state index contributed by atoms with van der Waals surface area (Å²) in [7, 11) is 0. The van der Waals surface area contributed by atoms with Gasteiger partial charge in [0.05, 0.1) is 15.7 Å². The number of rotatable bonds is 3. The minimum absolute atomic E-state index is 0.317. The van der Waals surface area contributed by atoms with Crippen LogP contribution in [0.3, 0.4) is 0 Å². The molecule has 2 rings (SSSR count). The predicted molar refractivity (Wildman–Crippen MR) is 85.0 cm³/mol. The maximum absolute atomic E-state index is 11.8. The molecule has 0 radical (unpaired) electrons. The van der Waals surface area contributed by atoms with Crippen LogP contribution >= 0.6 is 23.2 Å². The predicted octanol–water partition coefficient (Wildman–Crippen LogP) is 4.23. The highest BCUT2D eigenvalue weighted by atomic mass is 35.5. The molecule has 0 aliphatic heterocycles. The maximum Gasteiger partial charge on any atom is 0.248 e. The molecule has 0 aromatic heterocycles. The number of amides is 1. The van der Waals surface area contributed by atoms with Gasteiger partial charge in [-0.3, -0.25) is 4.79 Å². The van der Waals surface area contributed by atoms with E-state index in [1.54, 1.807) is 36.4 Å². The zero-order valence-corrected chi connectivity index (χ0v) is 11.9. The number of anilines is 2. The molecule has 0 aliphatic rings. The van der Waals surface area contributed by atoms with Gasteiger partial charge >= 0.3 is 0 Å². The van der Waals surface area contributed by atoms with Crippen LogP contribution in [0.25, 0.3) is 6.08 Å². The van der Waals surface area contributed by atoms with Crippen LogP contribution in [0.5, 0.6) is 0 Å². The van der Waals surface area contributed by atoms with E-state index in [0.717, 1.165) is 5.56 Å². The molecular weight excluding hydrogens is 295 g/mol. The van der Waals surface area contributed by atoms with Crippen molar-refractivity contribution in [3.63, 3.8) is 0 Å². The van der Waals surface area contributed by atoms with Gasteiger partial charge in [0.2, 0.25) is 5.91 Å². The highest BCUT2D eigenvalue weighted by Gasteiger charge is 2.07. The van der Waals surface area contributed by atoms with Crippen molar-refractivity contribution in [2.24, 2.45) is 0 Å². The molecule has 0 heterocycles. The van der Waals surface area contributed by atoms with Gasteiger partial charge in [-0.1, -0.05) is 41.4 Å². The van der Waals surface area contributed by atoms with Crippen molar-refractivity contribution in [1.82, 2.24) is 0 Å². The average Bonchev–Trinajstić information content (AvgIpc) is 2.41. The molecule has 0 unspecified atom stereocenters. The number of nitrogen functional groups attached to an aromatic ring is 1. The summed E-state index contributed by atoms with van der Waals surface area (Å²) in [6, 6.07) is 12.2. The van der Waals surface area contributed by atoms with Crippen molar-refractivity contribution in [1.29, 1.82) is 0 Å². The topological polar surface area (TPSA) is 55.1 Å². The van der Waals surface area contributed by atoms with Crippen LogP contribution in [0.1, 0.15) is 5.56 Å². The first-order valence-corrected chi connectivity index (χ1v) is 6.60. The third-order valence-electron chi connectivity index (χ3n) is 2.55. The number of carbonyl (C=O) groups excluding carboxylic acids is 1. The fourth-order valence-electron chi connectivity index (χ4n) is 1.62. The number of carbonyl (C=O) groups is 1. The maximum atomic E-state index is 11.8. The highest BCUT2D eigenvalue weighted by molar-refractivity contribution is 6.39. The lowest BCUT2D eigenvalue weighted by atomic mass is 10.2. The number of para-hydroxylation sites is 1. The Bertz CT molecular complexity index is 648. The first-order valence-electron chi connectivity index (χ1n) is 5.85. The Morgan fingerprint density at radius 3 is 2.40 bits per heavy atom. The number of hydrogen-bond donors (Lipinski definition) is 2. The Morgan fingerprint density at radius 1 is 1.10 bits per heavy atom. The number of hydrogen-bond acceptors (Lipinski definition) is 2. The molecule has 20 heavy (non-hydrogen) atoms. The number of nitrogens with two attached hydrogens (primary N) is 1. The molecule has 0 saturated heterocycles. The average molecular weight is 307 g/mol. The largest absolute Gasteiger partial charge is 0.399 e. The Kier molecular flexibility index (Phi) is 4.66. The third-order valence-corrected chi connectivity index (χ3v) is 3.18. The van der Waals surface area contributed by atoms with Crippen LogP contribution in [0, 0.1) is 0 Å². The summed E-state index contributed by atoms with van der Waals surface area (Å²) in [6.07, 6.45) is 3.06. The summed E-state index contributed by atoms with van der Waals surface area (Å²) in [4.78, 5) is 11.8. The van der Waals surface area contributed by atoms with E-state index >= 15 is 0 Å². The first-order chi connectivity index (χ1) is 9.56. The van der Waals surface area contributed by atoms with E-state index in [9.17, 15) is 4.79 Å². The molecule has 102 valence electrons. The standard InChI is InChI=1S/C15H12Cl2N2O/c16-12-5-2-6-13(17)15(12)19-14(20)8-7-10-3-1-4-11(18)9-10/h1-9H,18H2,(H,19,20)/b8-7+. The number of halogens is 2. The number of benzene rings is 2. The summed E-state index contributed by atoms with van der Waals surface area (Å²) in [6.45, 7) is 0. The number of nitrogens with one attached hydrogen (secondary N) is 1. The molecule has 0 atom stereocenters. The van der Waals surface area contributed by atoms with E-state index in [2.05, 4.69) is 5.32 Å². The van der Waals surface area contributed by atoms with Crippen molar-refractivity contribution in [2.45, 2.75) is 0 Å². The van der Waals surface area contributed by atoms with Crippen molar-refractivity contribution in [2.75, 3.05) is 11.1 Å². The second-order valence-corrected chi connectivity index (χ2v) is 4.90. The molecule has 3 nitrogen and oxygen atoms in total. The van der Waals surface area contributed by atoms with Gasteiger partial charge in [0.25, 0.3) is 0 Å². The van der Waals surface area contributed by atoms with Gasteiger partial charge in [-0.2, -0.15) is 0 Å². The SMILES string of the molecule is Nc1cccc(/C=C/C(=O)Nc2c(Cl)cccc2Cl)c1. The zero-order chi connectivity index (χ0) is 14.5. The summed E-state index contributed by atoms with van der Waals surface area (Å²) < 4.78 is 0. The monoisotopic (exact) mass is 306 g/mol. The van der Waals surface area contributed by atoms with Gasteiger partial charge in [0.15, 0.2) is 0 Å². The third kappa shape index (κ3) is 3.76. The van der Waals surface area contributed by atoms with Gasteiger partial charge in [0, 0.05) is 11.8 Å². The minimum Gasteiger partial charge on any atom is -0.399 e. The summed E-state index contributed by atoms with van der Waals surface area (Å²) in [5.74, 6) is -0.317. The van der Waals surface area contributed by atoms with E-state index in [1.807, 2.05) is 12.1 Å². The fraction of sp³-hybridized carbons (Fsp3) is 0. The van der Waals surface area contributed by atoms with E-state index in [0.29, 0.717) is 21.4 Å². The molecule has 0 fully saturated rings. The van der Waals surface area contributed by atoms with Gasteiger partial charge in [-0.05, 0) is 35.9 Å². The molecule has 3 N–H and O–H groups in total. The second kappa shape index (κ2) is 6.46. The Balaban J connectivity index is 2.10. The Hall–Kier alpha value is -1.97. The van der Waals surface area contributed by atoms with E-state index in [1.165, 1.54) is 6.08 Å². The summed E-state index contributed by atoms with van der Waals surface area (Å²) in [5.41, 5.74) is 7.54. The van der Waals surface area contributed by atoms with Crippen LogP contribution in [0.4, 0.5) is 11.4 Å². The van der Waals surface area contributed by atoms with Crippen LogP contribution in [0.2, 0.25) is 10.0 Å². The van der Waals surface area contributed by atoms with Gasteiger partial charge < -0.3 is 11.1 Å². The first kappa shape index (κ1) is 14.4. The lowest BCUT2D eigenvalue weighted by molar-refractivity contribution is -0.111. The Morgan fingerprint density at radius 2 is 1.75 bits per heavy atom. The smallest absolute Gasteiger partial charge is 0.248 e. The molecule has 2 aromatic carbocycles. The normalized spacial score (nSPS) is 10.7. The quantitative estimate of drug-likeness (QED) is 0.658. The van der Waals surface area contributed by atoms with E-state index < -0.39 is 0 Å². The molecule has 0 saturated carbocycles. The van der Waals surface area contributed by atoms with Gasteiger partial charge in [-0.15, -0.1) is 0 Å². The van der Waals surface area contributed by atoms with Gasteiger partial charge in [-0.25, -0.2) is 0 Å². The lowest BCUT2D eigenvalue weighted by Gasteiger charge is -2.06. The second-order valence-electron chi connectivity index (χ2n) is 4.09. The Labute approximate surface area is 127 Å². The van der Waals surface area contributed by atoms with Crippen molar-refractivity contribution < 1.29 is 4.79 Å². The van der Waals surface area contributed by atoms with Gasteiger partial charge in [0.1, 0.15) is 0 Å². The van der Waals surface area contributed by atoms with Crippen molar-refractivity contribution in [3.05, 3.63) is 64.1 Å². The van der Waals surface area contributed by atoms with Crippen molar-refractivity contribution >= 4 is 46.6 Å². The molecule has 5 heteroatoms. The molecule has 1 amide bonds. The minimum atomic E-state index is -0.317. The molecule has 0 bridgehead atoms. The summed E-state index contributed by atoms with van der Waals surface area (Å²) >= 11 is 11.9. The zero-order valence-electron chi connectivity index (χ0n) is 10.4. The van der Waals surface area contributed by atoms with E-state index in [4.69, 9.17) is 28.9 Å².